The highest BCUT2D eigenvalue weighted by molar-refractivity contribution is 6.10. The Balaban J connectivity index is 1.15. The Morgan fingerprint density at radius 3 is 2.27 bits per heavy atom. The summed E-state index contributed by atoms with van der Waals surface area (Å²) in [5, 5.41) is 14.9. The third-order valence-corrected chi connectivity index (χ3v) is 14.6. The Hall–Kier alpha value is -6.05. The molecule has 6 aromatic carbocycles. The van der Waals surface area contributed by atoms with E-state index in [0.717, 1.165) is 87.8 Å². The van der Waals surface area contributed by atoms with E-state index in [4.69, 9.17) is 14.2 Å². The third kappa shape index (κ3) is 7.22. The Morgan fingerprint density at radius 1 is 0.812 bits per heavy atom. The molecule has 0 saturated carbocycles. The zero-order valence-corrected chi connectivity index (χ0v) is 37.5. The Bertz CT molecular complexity index is 2670. The number of esters is 1. The van der Waals surface area contributed by atoms with Gasteiger partial charge in [-0.25, -0.2) is 4.79 Å². The summed E-state index contributed by atoms with van der Waals surface area (Å²) in [5.41, 5.74) is 7.06. The number of carbonyl (C=O) groups excluding carboxylic acids is 1. The van der Waals surface area contributed by atoms with Crippen LogP contribution in [0.15, 0.2) is 127 Å². The lowest BCUT2D eigenvalue weighted by molar-refractivity contribution is 0.0167. The zero-order chi connectivity index (χ0) is 43.8. The van der Waals surface area contributed by atoms with Gasteiger partial charge in [0.2, 0.25) is 0 Å². The van der Waals surface area contributed by atoms with Crippen LogP contribution in [0.2, 0.25) is 0 Å². The first kappa shape index (κ1) is 41.9. The summed E-state index contributed by atoms with van der Waals surface area (Å²) in [6.07, 6.45) is 14.5. The SMILES string of the molecule is CCCCCCC1CCN(c2cc3c4c(c5c(c3cc2OC)OC(c2ccccc2)(c2ccc(N3CCCC3)cc2)C=C5)C(O)(CC)c2ccccc2-4)C(OC(=O)c2ccccc2)C1. The van der Waals surface area contributed by atoms with Crippen LogP contribution in [0.1, 0.15) is 116 Å². The van der Waals surface area contributed by atoms with Crippen LogP contribution in [0.3, 0.4) is 0 Å². The van der Waals surface area contributed by atoms with Gasteiger partial charge in [-0.15, -0.1) is 0 Å². The second-order valence-electron chi connectivity index (χ2n) is 18.3. The molecule has 2 fully saturated rings. The van der Waals surface area contributed by atoms with E-state index in [2.05, 4.69) is 115 Å². The number of methoxy groups -OCH3 is 1. The maximum Gasteiger partial charge on any atom is 0.340 e. The summed E-state index contributed by atoms with van der Waals surface area (Å²) in [7, 11) is 1.72. The largest absolute Gasteiger partial charge is 0.495 e. The van der Waals surface area contributed by atoms with Crippen molar-refractivity contribution < 1.29 is 24.1 Å². The molecule has 2 saturated heterocycles. The molecule has 4 aliphatic rings. The van der Waals surface area contributed by atoms with Crippen molar-refractivity contribution in [2.24, 2.45) is 5.92 Å². The van der Waals surface area contributed by atoms with Crippen LogP contribution in [0, 0.1) is 5.92 Å². The quantitative estimate of drug-likeness (QED) is 0.0916. The van der Waals surface area contributed by atoms with Gasteiger partial charge in [0.15, 0.2) is 11.8 Å². The Labute approximate surface area is 378 Å². The number of hydrogen-bond acceptors (Lipinski definition) is 7. The number of fused-ring (bicyclic) bond motifs is 8. The lowest BCUT2D eigenvalue weighted by atomic mass is 9.79. The van der Waals surface area contributed by atoms with Crippen molar-refractivity contribution in [3.05, 3.63) is 161 Å². The fourth-order valence-corrected chi connectivity index (χ4v) is 11.1. The highest BCUT2D eigenvalue weighted by atomic mass is 16.6. The van der Waals surface area contributed by atoms with Gasteiger partial charge in [0.1, 0.15) is 17.1 Å². The molecule has 10 rings (SSSR count). The van der Waals surface area contributed by atoms with E-state index in [1.807, 2.05) is 42.5 Å². The molecule has 4 atom stereocenters. The minimum absolute atomic E-state index is 0.329. The van der Waals surface area contributed by atoms with E-state index >= 15 is 0 Å². The predicted octanol–water partition coefficient (Wildman–Crippen LogP) is 12.8. The van der Waals surface area contributed by atoms with Gasteiger partial charge in [-0.1, -0.05) is 137 Å². The maximum absolute atomic E-state index is 13.9. The van der Waals surface area contributed by atoms with Gasteiger partial charge in [-0.05, 0) is 96.2 Å². The standard InChI is InChI=1S/C57H60N2O5/c1-4-6-7-10-19-39-31-35-59(51(36-39)63-55(60)40-20-11-8-12-21-40)49-37-46-47(38-50(49)62-3)54-45(53-52(46)44-24-15-16-25-48(44)56(53,61)5-2)30-32-57(64-54,41-22-13-9-14-23-41)42-26-28-43(29-27-42)58-33-17-18-34-58/h8-9,11-16,20-30,32,37-39,51,61H,4-7,10,17-19,31,33-36H2,1-3H3. The molecule has 0 bridgehead atoms. The van der Waals surface area contributed by atoms with Crippen molar-refractivity contribution in [3.63, 3.8) is 0 Å². The Kier molecular flexibility index (Phi) is 11.5. The van der Waals surface area contributed by atoms with E-state index in [0.29, 0.717) is 35.9 Å². The number of unbranched alkanes of at least 4 members (excludes halogenated alkanes) is 3. The number of hydrogen-bond donors (Lipinski definition) is 1. The van der Waals surface area contributed by atoms with E-state index < -0.39 is 17.4 Å². The first-order valence-corrected chi connectivity index (χ1v) is 23.7. The number of carbonyl (C=O) groups is 1. The molecule has 4 unspecified atom stereocenters. The summed E-state index contributed by atoms with van der Waals surface area (Å²) < 4.78 is 20.6. The van der Waals surface area contributed by atoms with Crippen molar-refractivity contribution in [1.82, 2.24) is 0 Å². The minimum atomic E-state index is -1.26. The van der Waals surface area contributed by atoms with Gasteiger partial charge >= 0.3 is 5.97 Å². The van der Waals surface area contributed by atoms with Gasteiger partial charge in [0, 0.05) is 59.4 Å². The molecule has 0 aromatic heterocycles. The van der Waals surface area contributed by atoms with Crippen LogP contribution in [0.25, 0.3) is 28.0 Å². The molecule has 6 aromatic rings. The van der Waals surface area contributed by atoms with Crippen molar-refractivity contribution in [2.75, 3.05) is 36.5 Å². The maximum atomic E-state index is 13.9. The van der Waals surface area contributed by atoms with Crippen LogP contribution in [0.5, 0.6) is 11.5 Å². The fraction of sp³-hybridized carbons (Fsp3) is 0.351. The van der Waals surface area contributed by atoms with Crippen LogP contribution in [-0.2, 0) is 15.9 Å². The zero-order valence-electron chi connectivity index (χ0n) is 37.5. The lowest BCUT2D eigenvalue weighted by Gasteiger charge is -2.41. The van der Waals surface area contributed by atoms with Crippen LogP contribution >= 0.6 is 0 Å². The van der Waals surface area contributed by atoms with Crippen molar-refractivity contribution in [2.45, 2.75) is 95.5 Å². The molecular weight excluding hydrogens is 793 g/mol. The van der Waals surface area contributed by atoms with Gasteiger partial charge in [-0.3, -0.25) is 0 Å². The molecule has 3 heterocycles. The topological polar surface area (TPSA) is 71.5 Å². The predicted molar refractivity (Wildman–Crippen MR) is 258 cm³/mol. The molecule has 7 nitrogen and oxygen atoms in total. The summed E-state index contributed by atoms with van der Waals surface area (Å²) in [6.45, 7) is 7.16. The van der Waals surface area contributed by atoms with Gasteiger partial charge < -0.3 is 29.1 Å². The molecule has 1 aliphatic carbocycles. The van der Waals surface area contributed by atoms with E-state index in [9.17, 15) is 9.90 Å². The van der Waals surface area contributed by atoms with Crippen molar-refractivity contribution in [3.8, 4) is 22.6 Å². The first-order valence-electron chi connectivity index (χ1n) is 23.7. The third-order valence-electron chi connectivity index (χ3n) is 14.6. The van der Waals surface area contributed by atoms with Gasteiger partial charge in [0.05, 0.1) is 18.4 Å². The molecule has 0 amide bonds. The van der Waals surface area contributed by atoms with Crippen LogP contribution in [-0.4, -0.2) is 44.0 Å². The molecule has 3 aliphatic heterocycles. The average Bonchev–Trinajstić information content (AvgIpc) is 3.99. The highest BCUT2D eigenvalue weighted by Crippen LogP contribution is 2.59. The smallest absolute Gasteiger partial charge is 0.340 e. The molecule has 328 valence electrons. The monoisotopic (exact) mass is 852 g/mol. The number of ether oxygens (including phenoxy) is 3. The van der Waals surface area contributed by atoms with Crippen LogP contribution in [0.4, 0.5) is 11.4 Å². The van der Waals surface area contributed by atoms with E-state index in [1.165, 1.54) is 44.2 Å². The summed E-state index contributed by atoms with van der Waals surface area (Å²) in [5.74, 6) is 1.48. The highest BCUT2D eigenvalue weighted by Gasteiger charge is 2.47. The molecule has 64 heavy (non-hydrogen) atoms. The van der Waals surface area contributed by atoms with Crippen molar-refractivity contribution >= 4 is 34.2 Å². The van der Waals surface area contributed by atoms with E-state index in [1.54, 1.807) is 7.11 Å². The molecular formula is C57H60N2O5. The summed E-state index contributed by atoms with van der Waals surface area (Å²) in [6, 6.07) is 41.3. The normalized spacial score (nSPS) is 22.2. The first-order chi connectivity index (χ1) is 31.4. The average molecular weight is 853 g/mol. The minimum Gasteiger partial charge on any atom is -0.495 e. The number of anilines is 2. The molecule has 0 spiro atoms. The number of aliphatic hydroxyl groups is 1. The van der Waals surface area contributed by atoms with E-state index in [-0.39, 0.29) is 5.97 Å². The molecule has 1 N–H and O–H groups in total. The van der Waals surface area contributed by atoms with Gasteiger partial charge in [-0.2, -0.15) is 0 Å². The Morgan fingerprint density at radius 2 is 1.53 bits per heavy atom. The lowest BCUT2D eigenvalue weighted by Crippen LogP contribution is -2.45. The summed E-state index contributed by atoms with van der Waals surface area (Å²) >= 11 is 0. The molecule has 7 heteroatoms. The second-order valence-corrected chi connectivity index (χ2v) is 18.3. The van der Waals surface area contributed by atoms with Crippen molar-refractivity contribution in [1.29, 1.82) is 0 Å². The number of piperidine rings is 1. The van der Waals surface area contributed by atoms with Crippen LogP contribution < -0.4 is 19.3 Å². The van der Waals surface area contributed by atoms with Gasteiger partial charge in [0.25, 0.3) is 0 Å². The summed E-state index contributed by atoms with van der Waals surface area (Å²) in [4.78, 5) is 18.6. The fourth-order valence-electron chi connectivity index (χ4n) is 11.1. The number of nitrogens with zero attached hydrogens (tertiary/aromatic N) is 2. The number of benzene rings is 6. The molecule has 0 radical (unpaired) electrons. The second kappa shape index (κ2) is 17.5. The number of rotatable bonds is 13.